The molecule has 2 aromatic rings. The molecule has 0 saturated carbocycles. The van der Waals surface area contributed by atoms with Crippen LogP contribution in [-0.4, -0.2) is 22.8 Å². The highest BCUT2D eigenvalue weighted by atomic mass is 16.5. The molecule has 19 heavy (non-hydrogen) atoms. The Morgan fingerprint density at radius 2 is 2.11 bits per heavy atom. The Balaban J connectivity index is 2.99. The standard InChI is InChI=1S/C14H15NO4/c1-4-9-10-6-5-8(19-3)7-11(10)15(2)13(16)12(9)14(17)18/h5-7H,4H2,1-3H3,(H,17,18). The first-order valence-corrected chi connectivity index (χ1v) is 5.94. The fourth-order valence-corrected chi connectivity index (χ4v) is 2.30. The van der Waals surface area contributed by atoms with Gasteiger partial charge in [0, 0.05) is 18.5 Å². The van der Waals surface area contributed by atoms with Crippen LogP contribution in [0.25, 0.3) is 10.9 Å². The highest BCUT2D eigenvalue weighted by Crippen LogP contribution is 2.24. The van der Waals surface area contributed by atoms with Gasteiger partial charge >= 0.3 is 5.97 Å². The highest BCUT2D eigenvalue weighted by molar-refractivity contribution is 5.96. The SMILES string of the molecule is CCc1c(C(=O)O)c(=O)n(C)c2cc(OC)ccc12. The van der Waals surface area contributed by atoms with E-state index in [-0.39, 0.29) is 5.56 Å². The molecular formula is C14H15NO4. The van der Waals surface area contributed by atoms with E-state index in [9.17, 15) is 14.7 Å². The fourth-order valence-electron chi connectivity index (χ4n) is 2.30. The third-order valence-electron chi connectivity index (χ3n) is 3.28. The summed E-state index contributed by atoms with van der Waals surface area (Å²) < 4.78 is 6.48. The molecule has 0 saturated heterocycles. The molecule has 0 spiro atoms. The minimum absolute atomic E-state index is 0.150. The quantitative estimate of drug-likeness (QED) is 0.914. The maximum atomic E-state index is 12.1. The van der Waals surface area contributed by atoms with Crippen LogP contribution in [0.3, 0.4) is 0 Å². The van der Waals surface area contributed by atoms with Gasteiger partial charge in [-0.1, -0.05) is 6.92 Å². The molecule has 0 aliphatic carbocycles. The summed E-state index contributed by atoms with van der Waals surface area (Å²) in [6, 6.07) is 5.29. The van der Waals surface area contributed by atoms with E-state index >= 15 is 0 Å². The Kier molecular flexibility index (Phi) is 3.29. The first-order chi connectivity index (χ1) is 9.01. The lowest BCUT2D eigenvalue weighted by molar-refractivity contribution is 0.0693. The van der Waals surface area contributed by atoms with Crippen molar-refractivity contribution in [1.29, 1.82) is 0 Å². The second-order valence-electron chi connectivity index (χ2n) is 4.26. The number of methoxy groups -OCH3 is 1. The molecule has 1 heterocycles. The van der Waals surface area contributed by atoms with Gasteiger partial charge in [-0.3, -0.25) is 4.79 Å². The molecule has 0 bridgehead atoms. The number of carboxylic acid groups (broad SMARTS) is 1. The molecule has 0 fully saturated rings. The number of aromatic carboxylic acids is 1. The minimum Gasteiger partial charge on any atom is -0.497 e. The molecule has 1 aromatic carbocycles. The van der Waals surface area contributed by atoms with E-state index < -0.39 is 11.5 Å². The zero-order valence-corrected chi connectivity index (χ0v) is 11.1. The van der Waals surface area contributed by atoms with Crippen LogP contribution in [0.2, 0.25) is 0 Å². The van der Waals surface area contributed by atoms with Crippen molar-refractivity contribution in [3.05, 3.63) is 39.7 Å². The molecule has 0 unspecified atom stereocenters. The summed E-state index contributed by atoms with van der Waals surface area (Å²) in [4.78, 5) is 23.4. The van der Waals surface area contributed by atoms with Crippen molar-refractivity contribution in [2.45, 2.75) is 13.3 Å². The van der Waals surface area contributed by atoms with Gasteiger partial charge in [0.1, 0.15) is 11.3 Å². The van der Waals surface area contributed by atoms with Crippen LogP contribution in [0.15, 0.2) is 23.0 Å². The first kappa shape index (κ1) is 13.1. The maximum absolute atomic E-state index is 12.1. The number of aryl methyl sites for hydroxylation is 2. The normalized spacial score (nSPS) is 10.7. The smallest absolute Gasteiger partial charge is 0.341 e. The van der Waals surface area contributed by atoms with Crippen LogP contribution >= 0.6 is 0 Å². The van der Waals surface area contributed by atoms with Gasteiger partial charge in [-0.2, -0.15) is 0 Å². The van der Waals surface area contributed by atoms with Crippen LogP contribution in [0.1, 0.15) is 22.8 Å². The average Bonchev–Trinajstić information content (AvgIpc) is 2.41. The van der Waals surface area contributed by atoms with Crippen molar-refractivity contribution in [3.63, 3.8) is 0 Å². The third kappa shape index (κ3) is 1.97. The summed E-state index contributed by atoms with van der Waals surface area (Å²) in [6.45, 7) is 1.84. The van der Waals surface area contributed by atoms with Crippen LogP contribution in [-0.2, 0) is 13.5 Å². The van der Waals surface area contributed by atoms with Gasteiger partial charge in [-0.25, -0.2) is 4.79 Å². The molecule has 2 rings (SSSR count). The van der Waals surface area contributed by atoms with Crippen LogP contribution in [0, 0.1) is 0 Å². The van der Waals surface area contributed by atoms with Crippen molar-refractivity contribution < 1.29 is 14.6 Å². The highest BCUT2D eigenvalue weighted by Gasteiger charge is 2.19. The number of hydrogen-bond acceptors (Lipinski definition) is 3. The van der Waals surface area contributed by atoms with Gasteiger partial charge in [0.2, 0.25) is 0 Å². The van der Waals surface area contributed by atoms with Gasteiger partial charge in [0.25, 0.3) is 5.56 Å². The van der Waals surface area contributed by atoms with Crippen molar-refractivity contribution in [2.24, 2.45) is 7.05 Å². The monoisotopic (exact) mass is 261 g/mol. The zero-order chi connectivity index (χ0) is 14.2. The van der Waals surface area contributed by atoms with Gasteiger partial charge in [0.05, 0.1) is 12.6 Å². The number of aromatic nitrogens is 1. The lowest BCUT2D eigenvalue weighted by Gasteiger charge is -2.13. The first-order valence-electron chi connectivity index (χ1n) is 5.94. The predicted octanol–water partition coefficient (Wildman–Crippen LogP) is 1.81. The minimum atomic E-state index is -1.19. The second kappa shape index (κ2) is 4.76. The van der Waals surface area contributed by atoms with Gasteiger partial charge < -0.3 is 14.4 Å². The molecule has 5 nitrogen and oxygen atoms in total. The Morgan fingerprint density at radius 1 is 1.42 bits per heavy atom. The van der Waals surface area contributed by atoms with Crippen molar-refractivity contribution >= 4 is 16.9 Å². The molecular weight excluding hydrogens is 246 g/mol. The van der Waals surface area contributed by atoms with Gasteiger partial charge in [-0.05, 0) is 24.1 Å². The largest absolute Gasteiger partial charge is 0.497 e. The fraction of sp³-hybridized carbons (Fsp3) is 0.286. The number of hydrogen-bond donors (Lipinski definition) is 1. The molecule has 0 amide bonds. The van der Waals surface area contributed by atoms with E-state index in [0.29, 0.717) is 23.3 Å². The Hall–Kier alpha value is -2.30. The van der Waals surface area contributed by atoms with Crippen molar-refractivity contribution in [2.75, 3.05) is 7.11 Å². The summed E-state index contributed by atoms with van der Waals surface area (Å²) >= 11 is 0. The van der Waals surface area contributed by atoms with E-state index in [1.807, 2.05) is 6.92 Å². The zero-order valence-electron chi connectivity index (χ0n) is 11.1. The van der Waals surface area contributed by atoms with E-state index in [4.69, 9.17) is 4.74 Å². The molecule has 0 aliphatic heterocycles. The maximum Gasteiger partial charge on any atom is 0.341 e. The van der Waals surface area contributed by atoms with Gasteiger partial charge in [-0.15, -0.1) is 0 Å². The summed E-state index contributed by atoms with van der Waals surface area (Å²) in [5, 5.41) is 9.99. The van der Waals surface area contributed by atoms with E-state index in [2.05, 4.69) is 0 Å². The van der Waals surface area contributed by atoms with Crippen LogP contribution in [0.4, 0.5) is 0 Å². The van der Waals surface area contributed by atoms with Gasteiger partial charge in [0.15, 0.2) is 0 Å². The number of pyridine rings is 1. The number of rotatable bonds is 3. The molecule has 0 atom stereocenters. The summed E-state index contributed by atoms with van der Waals surface area (Å²) in [5.41, 5.74) is 0.590. The van der Waals surface area contributed by atoms with E-state index in [1.54, 1.807) is 32.4 Å². The Labute approximate surface area is 110 Å². The third-order valence-corrected chi connectivity index (χ3v) is 3.28. The summed E-state index contributed by atoms with van der Waals surface area (Å²) in [6.07, 6.45) is 0.487. The van der Waals surface area contributed by atoms with Crippen LogP contribution in [0.5, 0.6) is 5.75 Å². The number of carbonyl (C=O) groups is 1. The summed E-state index contributed by atoms with van der Waals surface area (Å²) in [7, 11) is 3.11. The van der Waals surface area contributed by atoms with E-state index in [0.717, 1.165) is 5.39 Å². The van der Waals surface area contributed by atoms with Crippen LogP contribution < -0.4 is 10.3 Å². The molecule has 1 aromatic heterocycles. The summed E-state index contributed by atoms with van der Waals surface area (Å²) in [5.74, 6) is -0.553. The Morgan fingerprint density at radius 3 is 2.63 bits per heavy atom. The lowest BCUT2D eigenvalue weighted by atomic mass is 10.0. The molecule has 1 N–H and O–H groups in total. The molecule has 0 aliphatic rings. The van der Waals surface area contributed by atoms with E-state index in [1.165, 1.54) is 4.57 Å². The average molecular weight is 261 g/mol. The topological polar surface area (TPSA) is 68.5 Å². The number of benzene rings is 1. The molecule has 100 valence electrons. The Bertz CT molecular complexity index is 715. The molecule has 0 radical (unpaired) electrons. The van der Waals surface area contributed by atoms with Crippen molar-refractivity contribution in [1.82, 2.24) is 4.57 Å². The number of nitrogens with zero attached hydrogens (tertiary/aromatic N) is 1. The lowest BCUT2D eigenvalue weighted by Crippen LogP contribution is -2.27. The number of ether oxygens (including phenoxy) is 1. The molecule has 5 heteroatoms. The number of carboxylic acids is 1. The number of fused-ring (bicyclic) bond motifs is 1. The predicted molar refractivity (Wildman–Crippen MR) is 72.1 cm³/mol. The second-order valence-corrected chi connectivity index (χ2v) is 4.26. The van der Waals surface area contributed by atoms with Crippen molar-refractivity contribution in [3.8, 4) is 5.75 Å².